The van der Waals surface area contributed by atoms with Gasteiger partial charge in [0.15, 0.2) is 11.6 Å². The first kappa shape index (κ1) is 95.0. The summed E-state index contributed by atoms with van der Waals surface area (Å²) in [5.74, 6) is -4.13. The van der Waals surface area contributed by atoms with E-state index in [1.165, 1.54) is 0 Å². The summed E-state index contributed by atoms with van der Waals surface area (Å²) in [6, 6.07) is 51.4. The molecule has 4 saturated heterocycles. The van der Waals surface area contributed by atoms with Crippen LogP contribution in [-0.2, 0) is 99.4 Å². The van der Waals surface area contributed by atoms with Gasteiger partial charge in [0.05, 0.1) is 44.8 Å². The lowest BCUT2D eigenvalue weighted by Crippen LogP contribution is -2.44. The van der Waals surface area contributed by atoms with Crippen LogP contribution in [0.15, 0.2) is 170 Å². The molecule has 648 valence electrons. The number of halogens is 1. The van der Waals surface area contributed by atoms with Gasteiger partial charge < -0.3 is 87.9 Å². The van der Waals surface area contributed by atoms with Crippen molar-refractivity contribution in [1.29, 1.82) is 0 Å². The van der Waals surface area contributed by atoms with Crippen molar-refractivity contribution in [3.8, 4) is 22.3 Å². The fourth-order valence-corrected chi connectivity index (χ4v) is 14.5. The number of Topliss-reactive ketones (excluding diaryl/α,β-unsaturated/α-hetero) is 2. The molecule has 4 heterocycles. The van der Waals surface area contributed by atoms with E-state index in [2.05, 4.69) is 45.4 Å². The smallest absolute Gasteiger partial charge is 0.480 e. The second-order valence-electron chi connectivity index (χ2n) is 36.2. The monoisotopic (exact) mass is 1790 g/mol. The molecule has 1 saturated carbocycles. The van der Waals surface area contributed by atoms with Crippen LogP contribution in [0.4, 0.5) is 14.4 Å². The van der Waals surface area contributed by atoms with E-state index in [0.29, 0.717) is 6.42 Å². The molecule has 0 unspecified atom stereocenters. The molecule has 7 aliphatic rings. The summed E-state index contributed by atoms with van der Waals surface area (Å²) in [6.45, 7) is 37.6. The second-order valence-corrected chi connectivity index (χ2v) is 37.5. The average molecular weight is 1790 g/mol. The number of rotatable bonds is 19. The predicted octanol–water partition coefficient (Wildman–Crippen LogP) is 13.8. The Morgan fingerprint density at radius 2 is 0.721 bits per heavy atom. The fraction of sp³-hybridized carbons (Fsp3) is 0.451. The van der Waals surface area contributed by atoms with Crippen LogP contribution in [0.3, 0.4) is 0 Å². The van der Waals surface area contributed by atoms with Crippen molar-refractivity contribution in [2.75, 3.05) is 13.2 Å². The van der Waals surface area contributed by atoms with Crippen LogP contribution in [0.25, 0.3) is 22.3 Å². The number of hydrogen-bond acceptors (Lipinski definition) is 21. The molecule has 26 nitrogen and oxygen atoms in total. The van der Waals surface area contributed by atoms with E-state index in [1.54, 1.807) is 20.8 Å². The fourth-order valence-electron chi connectivity index (χ4n) is 14.2. The van der Waals surface area contributed by atoms with E-state index in [0.717, 1.165) is 75.7 Å². The molecule has 122 heavy (non-hydrogen) atoms. The van der Waals surface area contributed by atoms with Gasteiger partial charge in [-0.25, -0.2) is 24.0 Å². The lowest BCUT2D eigenvalue weighted by molar-refractivity contribution is -0.140. The van der Waals surface area contributed by atoms with Gasteiger partial charge in [-0.3, -0.25) is 14.4 Å². The maximum atomic E-state index is 12.6. The quantitative estimate of drug-likeness (QED) is 0.0144. The van der Waals surface area contributed by atoms with E-state index in [4.69, 9.17) is 72.1 Å². The number of carboxylic acids is 3. The third kappa shape index (κ3) is 23.0. The standard InChI is InChI=1S/C30H32BNO6.C20H16O5.C15H22BNO4.C14H18INO4.C12H24B2O4/c1-29(2)30(3,4)38-31(37-29)20-15-13-19(14-16-20)17-26(27(33)34)32-28(35)36-18-25-23-11-7-5-9-21(23)22-10-6-8-12-24(22)25;21-17-9-10-18(22)19(17)25-20(23)24-11-16-14-7-3-1-5-12(14)13-6-2-4-8-15(13)16;1-14(2)15(3,4)21-16(20-14)11-7-5-10(6-8-11)9-12(17)13(18)19;1-14(2,3)20-13(19)16-11(12(17)18)8-9-4-6-10(15)7-5-9;1-9(2)10(3,4)16-13(15-9)14-17-11(5,6)12(7,8)18-14/h5-16,25-26H,17-18H2,1-4H3,(H,32,35)(H,33,34);1-8,16,19H,9-11H2;5-8,12H,9,17H2,1-4H3,(H,18,19);4-7,11H,8H2,1-3H3,(H,16,19)(H,17,18);1-8H3/t26-;;12-;11-;/m0.00./s1. The molecule has 4 aliphatic heterocycles. The number of hydrogen-bond donors (Lipinski definition) is 6. The SMILES string of the molecule is CC(C)(C)OC(=O)N[C@@H](Cc1ccc(I)cc1)C(=O)O.CC1(C)OB(B2OC(C)(C)C(C)(C)O2)OC1(C)C.CC1(C)OB(c2ccc(C[C@H](N)C(=O)O)cc2)OC1(C)C.CC1(C)OB(c2ccc(C[C@H](NC(=O)OCC3c4ccccc4-c4ccccc43)C(=O)O)cc2)OC1(C)C.O=C(OCC1c2ccccc2-c2ccccc21)OC1C(=O)CCC1=O. The van der Waals surface area contributed by atoms with Gasteiger partial charge in [-0.1, -0.05) is 158 Å². The summed E-state index contributed by atoms with van der Waals surface area (Å²) in [7, 11) is -1.85. The molecule has 7 aromatic rings. The van der Waals surface area contributed by atoms with Crippen molar-refractivity contribution < 1.29 is 110 Å². The molecule has 0 bridgehead atoms. The van der Waals surface area contributed by atoms with Gasteiger partial charge in [-0.05, 0) is 245 Å². The number of ketones is 2. The summed E-state index contributed by atoms with van der Waals surface area (Å²) in [5.41, 5.74) is 14.9. The van der Waals surface area contributed by atoms with Gasteiger partial charge in [-0.15, -0.1) is 0 Å². The number of ether oxygens (including phenoxy) is 4. The van der Waals surface area contributed by atoms with E-state index >= 15 is 0 Å². The molecule has 0 spiro atoms. The Labute approximate surface area is 729 Å². The van der Waals surface area contributed by atoms with Crippen LogP contribution < -0.4 is 27.3 Å². The van der Waals surface area contributed by atoms with Crippen molar-refractivity contribution in [3.63, 3.8) is 0 Å². The molecule has 3 aliphatic carbocycles. The molecule has 31 heteroatoms. The van der Waals surface area contributed by atoms with Crippen molar-refractivity contribution in [2.24, 2.45) is 5.73 Å². The molecule has 5 fully saturated rings. The Balaban J connectivity index is 0.000000165. The zero-order valence-electron chi connectivity index (χ0n) is 72.9. The van der Waals surface area contributed by atoms with E-state index < -0.39 is 106 Å². The highest BCUT2D eigenvalue weighted by molar-refractivity contribution is 14.1. The van der Waals surface area contributed by atoms with Gasteiger partial charge in [-0.2, -0.15) is 0 Å². The Bertz CT molecular complexity index is 4730. The number of carbonyl (C=O) groups excluding carboxylic acids is 5. The number of benzene rings is 7. The summed E-state index contributed by atoms with van der Waals surface area (Å²) < 4.78 is 69.8. The lowest BCUT2D eigenvalue weighted by Gasteiger charge is -2.32. The summed E-state index contributed by atoms with van der Waals surface area (Å²) >= 11 is 2.17. The Hall–Kier alpha value is -9.27. The molecule has 14 rings (SSSR count). The lowest BCUT2D eigenvalue weighted by atomic mass is 9.49. The first-order valence-corrected chi connectivity index (χ1v) is 41.9. The van der Waals surface area contributed by atoms with Crippen molar-refractivity contribution in [2.45, 2.75) is 250 Å². The summed E-state index contributed by atoms with van der Waals surface area (Å²) in [4.78, 5) is 93.2. The zero-order valence-corrected chi connectivity index (χ0v) is 75.0. The predicted molar refractivity (Wildman–Crippen MR) is 472 cm³/mol. The number of nitrogens with one attached hydrogen (secondary N) is 2. The Kier molecular flexibility index (Phi) is 29.6. The van der Waals surface area contributed by atoms with Crippen molar-refractivity contribution in [3.05, 3.63) is 212 Å². The summed E-state index contributed by atoms with van der Waals surface area (Å²) in [6.07, 6.45) is -2.87. The maximum Gasteiger partial charge on any atom is 0.509 e. The van der Waals surface area contributed by atoms with Crippen molar-refractivity contribution in [1.82, 2.24) is 10.6 Å². The number of carbonyl (C=O) groups is 8. The second kappa shape index (κ2) is 38.1. The van der Waals surface area contributed by atoms with Crippen LogP contribution in [0.2, 0.25) is 0 Å². The third-order valence-electron chi connectivity index (χ3n) is 24.0. The molecule has 7 aromatic carbocycles. The maximum absolute atomic E-state index is 12.6. The minimum absolute atomic E-state index is 0.0880. The molecule has 0 radical (unpaired) electrons. The van der Waals surface area contributed by atoms with Crippen LogP contribution in [-0.4, -0.2) is 179 Å². The topological polar surface area (TPSA) is 358 Å². The van der Waals surface area contributed by atoms with E-state index in [-0.39, 0.29) is 95.9 Å². The molecule has 3 atom stereocenters. The van der Waals surface area contributed by atoms with Gasteiger partial charge in [0.2, 0.25) is 6.10 Å². The Morgan fingerprint density at radius 3 is 1.04 bits per heavy atom. The minimum Gasteiger partial charge on any atom is -0.480 e. The molecule has 0 aromatic heterocycles. The number of aliphatic carboxylic acids is 3. The van der Waals surface area contributed by atoms with Crippen LogP contribution >= 0.6 is 22.6 Å². The van der Waals surface area contributed by atoms with Gasteiger partial charge in [0.1, 0.15) is 36.9 Å². The van der Waals surface area contributed by atoms with E-state index in [9.17, 15) is 43.5 Å². The first-order chi connectivity index (χ1) is 56.9. The summed E-state index contributed by atoms with van der Waals surface area (Å²) in [5, 5.41) is 32.6. The molecular formula is C91H112B4IN3O23. The highest BCUT2D eigenvalue weighted by atomic mass is 127. The van der Waals surface area contributed by atoms with Gasteiger partial charge in [0.25, 0.3) is 0 Å². The Morgan fingerprint density at radius 1 is 0.426 bits per heavy atom. The third-order valence-corrected chi connectivity index (χ3v) is 24.7. The number of carboxylic acid groups (broad SMARTS) is 3. The number of fused-ring (bicyclic) bond motifs is 6. The molecule has 2 amide bonds. The normalized spacial score (nSPS) is 19.5. The zero-order chi connectivity index (χ0) is 89.6. The number of alkyl carbamates (subject to hydrolysis) is 2. The van der Waals surface area contributed by atoms with Crippen LogP contribution in [0, 0.1) is 3.57 Å². The average Bonchev–Trinajstić information content (AvgIpc) is 1.59. The van der Waals surface area contributed by atoms with Gasteiger partial charge >= 0.3 is 64.5 Å². The highest BCUT2D eigenvalue weighted by Gasteiger charge is 2.64. The van der Waals surface area contributed by atoms with Crippen LogP contribution in [0.5, 0.6) is 0 Å². The number of nitrogens with two attached hydrogens (primary N) is 1. The van der Waals surface area contributed by atoms with Crippen LogP contribution in [0.1, 0.15) is 195 Å². The van der Waals surface area contributed by atoms with Crippen molar-refractivity contribution >= 4 is 110 Å². The largest absolute Gasteiger partial charge is 0.509 e. The van der Waals surface area contributed by atoms with Gasteiger partial charge in [0, 0.05) is 41.1 Å². The first-order valence-electron chi connectivity index (χ1n) is 40.8. The minimum atomic E-state index is -1.30. The number of amides is 2. The van der Waals surface area contributed by atoms with E-state index in [1.807, 2.05) is 269 Å². The highest BCUT2D eigenvalue weighted by Crippen LogP contribution is 2.48. The molecule has 7 N–H and O–H groups in total. The molecular weight excluding hydrogens is 1670 g/mol.